The van der Waals surface area contributed by atoms with Gasteiger partial charge in [-0.1, -0.05) is 11.8 Å². The van der Waals surface area contributed by atoms with Crippen LogP contribution >= 0.6 is 11.8 Å². The molecule has 13 heteroatoms. The summed E-state index contributed by atoms with van der Waals surface area (Å²) in [5.41, 5.74) is -1.24. The van der Waals surface area contributed by atoms with E-state index in [0.717, 1.165) is 47.1 Å². The third kappa shape index (κ3) is 5.82. The molecule has 0 aliphatic heterocycles. The maximum atomic E-state index is 14.1. The molecule has 1 amide bonds. The Labute approximate surface area is 215 Å². The number of rotatable bonds is 7. The number of hydrogen-bond donors (Lipinski definition) is 0. The summed E-state index contributed by atoms with van der Waals surface area (Å²) in [4.78, 5) is 21.9. The molecule has 2 heterocycles. The van der Waals surface area contributed by atoms with Crippen LogP contribution in [0.3, 0.4) is 0 Å². The lowest BCUT2D eigenvalue weighted by molar-refractivity contribution is -0.141. The van der Waals surface area contributed by atoms with Crippen molar-refractivity contribution in [1.29, 1.82) is 0 Å². The second kappa shape index (κ2) is 10.9. The van der Waals surface area contributed by atoms with Gasteiger partial charge in [-0.3, -0.25) is 14.3 Å². The Hall–Kier alpha value is -3.87. The molecule has 0 N–H and O–H groups in total. The first-order valence-corrected chi connectivity index (χ1v) is 11.8. The highest BCUT2D eigenvalue weighted by molar-refractivity contribution is 7.98. The molecule has 0 aliphatic carbocycles. The van der Waals surface area contributed by atoms with Gasteiger partial charge in [0.05, 0.1) is 6.20 Å². The molecule has 0 saturated heterocycles. The quantitative estimate of drug-likeness (QED) is 0.151. The molecule has 0 fully saturated rings. The third-order valence-electron chi connectivity index (χ3n) is 5.40. The molecule has 4 rings (SSSR count). The summed E-state index contributed by atoms with van der Waals surface area (Å²) in [5.74, 6) is -5.15. The summed E-state index contributed by atoms with van der Waals surface area (Å²) >= 11 is 0.802. The molecule has 5 nitrogen and oxygen atoms in total. The SMILES string of the molecule is CN(Cc1ccnc(C(F)(F)F)c1)C(=O)c1cnc(SCc2c(F)ccc(F)c2F)n1-c1ccc(F)cc1. The molecule has 0 bridgehead atoms. The van der Waals surface area contributed by atoms with E-state index in [0.29, 0.717) is 6.07 Å². The molecule has 2 aromatic carbocycles. The van der Waals surface area contributed by atoms with Crippen LogP contribution in [0, 0.1) is 23.3 Å². The number of amides is 1. The Balaban J connectivity index is 1.65. The van der Waals surface area contributed by atoms with Crippen molar-refractivity contribution in [3.63, 3.8) is 0 Å². The summed E-state index contributed by atoms with van der Waals surface area (Å²) in [6.07, 6.45) is -2.50. The molecule has 0 aliphatic rings. The first-order chi connectivity index (χ1) is 18.0. The molecule has 2 aromatic heterocycles. The number of alkyl halides is 3. The van der Waals surface area contributed by atoms with Crippen LogP contribution in [0.25, 0.3) is 5.69 Å². The first kappa shape index (κ1) is 27.2. The van der Waals surface area contributed by atoms with E-state index < -0.39 is 46.6 Å². The number of hydrogen-bond acceptors (Lipinski definition) is 4. The van der Waals surface area contributed by atoms with Crippen molar-refractivity contribution in [3.05, 3.63) is 107 Å². The highest BCUT2D eigenvalue weighted by Gasteiger charge is 2.32. The van der Waals surface area contributed by atoms with E-state index in [1.54, 1.807) is 0 Å². The smallest absolute Gasteiger partial charge is 0.336 e. The van der Waals surface area contributed by atoms with Gasteiger partial charge in [0.1, 0.15) is 23.0 Å². The van der Waals surface area contributed by atoms with E-state index in [1.807, 2.05) is 0 Å². The van der Waals surface area contributed by atoms with Gasteiger partial charge in [-0.15, -0.1) is 0 Å². The van der Waals surface area contributed by atoms with Gasteiger partial charge in [0, 0.05) is 36.8 Å². The maximum absolute atomic E-state index is 14.1. The fourth-order valence-electron chi connectivity index (χ4n) is 3.53. The predicted molar refractivity (Wildman–Crippen MR) is 124 cm³/mol. The summed E-state index contributed by atoms with van der Waals surface area (Å²) in [6.45, 7) is -0.207. The summed E-state index contributed by atoms with van der Waals surface area (Å²) in [7, 11) is 1.36. The Morgan fingerprint density at radius 1 is 0.974 bits per heavy atom. The lowest BCUT2D eigenvalue weighted by atomic mass is 10.2. The van der Waals surface area contributed by atoms with Gasteiger partial charge in [0.2, 0.25) is 0 Å². The van der Waals surface area contributed by atoms with Crippen LogP contribution in [0.15, 0.2) is 66.1 Å². The minimum atomic E-state index is -4.66. The molecule has 0 atom stereocenters. The van der Waals surface area contributed by atoms with Gasteiger partial charge >= 0.3 is 6.18 Å². The van der Waals surface area contributed by atoms with Crippen LogP contribution in [0.5, 0.6) is 0 Å². The number of imidazole rings is 1. The molecule has 0 radical (unpaired) electrons. The van der Waals surface area contributed by atoms with Crippen molar-refractivity contribution in [3.8, 4) is 5.69 Å². The molecule has 0 saturated carbocycles. The second-order valence-electron chi connectivity index (χ2n) is 8.06. The van der Waals surface area contributed by atoms with Crippen molar-refractivity contribution in [1.82, 2.24) is 19.4 Å². The van der Waals surface area contributed by atoms with Crippen molar-refractivity contribution >= 4 is 17.7 Å². The van der Waals surface area contributed by atoms with E-state index in [9.17, 15) is 35.5 Å². The number of nitrogens with zero attached hydrogens (tertiary/aromatic N) is 4. The molecular formula is C25H17F7N4OS. The zero-order valence-corrected chi connectivity index (χ0v) is 20.3. The second-order valence-corrected chi connectivity index (χ2v) is 9.00. The normalized spacial score (nSPS) is 11.6. The van der Waals surface area contributed by atoms with Crippen molar-refractivity contribution < 1.29 is 35.5 Å². The van der Waals surface area contributed by atoms with Crippen LogP contribution in [0.1, 0.15) is 27.3 Å². The number of aromatic nitrogens is 3. The van der Waals surface area contributed by atoms with Gasteiger partial charge in [-0.05, 0) is 54.1 Å². The number of pyridine rings is 1. The Morgan fingerprint density at radius 2 is 1.66 bits per heavy atom. The summed E-state index contributed by atoms with van der Waals surface area (Å²) < 4.78 is 95.8. The Kier molecular flexibility index (Phi) is 7.76. The van der Waals surface area contributed by atoms with E-state index in [2.05, 4.69) is 9.97 Å². The summed E-state index contributed by atoms with van der Waals surface area (Å²) in [6, 6.07) is 8.55. The van der Waals surface area contributed by atoms with Crippen LogP contribution < -0.4 is 0 Å². The highest BCUT2D eigenvalue weighted by Crippen LogP contribution is 2.30. The topological polar surface area (TPSA) is 51.0 Å². The molecular weight excluding hydrogens is 537 g/mol. The monoisotopic (exact) mass is 554 g/mol. The molecule has 198 valence electrons. The van der Waals surface area contributed by atoms with Gasteiger partial charge in [0.15, 0.2) is 16.8 Å². The lowest BCUT2D eigenvalue weighted by Crippen LogP contribution is -2.28. The van der Waals surface area contributed by atoms with Gasteiger partial charge in [-0.25, -0.2) is 22.5 Å². The number of benzene rings is 2. The zero-order chi connectivity index (χ0) is 27.6. The van der Waals surface area contributed by atoms with Crippen LogP contribution in [-0.2, 0) is 18.5 Å². The average Bonchev–Trinajstić information content (AvgIpc) is 3.29. The van der Waals surface area contributed by atoms with Crippen LogP contribution in [0.2, 0.25) is 0 Å². The van der Waals surface area contributed by atoms with Crippen molar-refractivity contribution in [2.45, 2.75) is 23.6 Å². The van der Waals surface area contributed by atoms with E-state index in [1.165, 1.54) is 36.0 Å². The number of thioether (sulfide) groups is 1. The van der Waals surface area contributed by atoms with Crippen molar-refractivity contribution in [2.24, 2.45) is 0 Å². The number of carbonyl (C=O) groups is 1. The molecule has 0 unspecified atom stereocenters. The zero-order valence-electron chi connectivity index (χ0n) is 19.4. The number of carbonyl (C=O) groups excluding carboxylic acids is 1. The largest absolute Gasteiger partial charge is 0.433 e. The highest BCUT2D eigenvalue weighted by atomic mass is 32.2. The predicted octanol–water partition coefficient (Wildman–Crippen LogP) is 6.41. The molecule has 0 spiro atoms. The van der Waals surface area contributed by atoms with Crippen LogP contribution in [-0.4, -0.2) is 32.4 Å². The lowest BCUT2D eigenvalue weighted by Gasteiger charge is -2.19. The minimum Gasteiger partial charge on any atom is -0.336 e. The van der Waals surface area contributed by atoms with E-state index >= 15 is 0 Å². The Morgan fingerprint density at radius 3 is 2.34 bits per heavy atom. The summed E-state index contributed by atoms with van der Waals surface area (Å²) in [5, 5.41) is 0.0830. The third-order valence-corrected chi connectivity index (χ3v) is 6.38. The average molecular weight is 554 g/mol. The number of halogens is 7. The molecule has 38 heavy (non-hydrogen) atoms. The van der Waals surface area contributed by atoms with E-state index in [-0.39, 0.29) is 34.4 Å². The first-order valence-electron chi connectivity index (χ1n) is 10.8. The van der Waals surface area contributed by atoms with Gasteiger partial charge in [-0.2, -0.15) is 13.2 Å². The fourth-order valence-corrected chi connectivity index (χ4v) is 4.53. The molecule has 4 aromatic rings. The minimum absolute atomic E-state index is 0.0492. The Bertz CT molecular complexity index is 1470. The maximum Gasteiger partial charge on any atom is 0.433 e. The fraction of sp³-hybridized carbons (Fsp3) is 0.160. The van der Waals surface area contributed by atoms with Gasteiger partial charge in [0.25, 0.3) is 5.91 Å². The van der Waals surface area contributed by atoms with Crippen LogP contribution in [0.4, 0.5) is 30.7 Å². The van der Waals surface area contributed by atoms with Gasteiger partial charge < -0.3 is 4.90 Å². The standard InChI is InChI=1S/C25H17F7N4OS/c1-35(12-14-8-9-33-21(10-14)25(30,31)32)23(37)20-11-34-24(36(20)16-4-2-15(26)3-5-16)38-13-17-18(27)6-7-19(28)22(17)29/h2-11H,12-13H2,1H3. The van der Waals surface area contributed by atoms with Crippen molar-refractivity contribution in [2.75, 3.05) is 7.05 Å². The van der Waals surface area contributed by atoms with E-state index in [4.69, 9.17) is 0 Å².